The fourth-order valence-corrected chi connectivity index (χ4v) is 2.60. The third-order valence-corrected chi connectivity index (χ3v) is 4.23. The molecule has 1 heterocycles. The van der Waals surface area contributed by atoms with Crippen LogP contribution in [0.1, 0.15) is 56.0 Å². The third kappa shape index (κ3) is 7.58. The van der Waals surface area contributed by atoms with Gasteiger partial charge in [-0.2, -0.15) is 5.10 Å². The smallest absolute Gasteiger partial charge is 0.305 e. The zero-order valence-corrected chi connectivity index (χ0v) is 16.3. The number of methoxy groups -OCH3 is 1. The van der Waals surface area contributed by atoms with Crippen LogP contribution in [0, 0.1) is 13.8 Å². The molecule has 0 aliphatic carbocycles. The summed E-state index contributed by atoms with van der Waals surface area (Å²) in [5, 5.41) is 11.1. The predicted molar refractivity (Wildman–Crippen MR) is 101 cm³/mol. The van der Waals surface area contributed by atoms with Gasteiger partial charge >= 0.3 is 5.97 Å². The van der Waals surface area contributed by atoms with Gasteiger partial charge in [0.1, 0.15) is 0 Å². The van der Waals surface area contributed by atoms with Crippen molar-refractivity contribution in [2.75, 3.05) is 20.2 Å². The number of carbonyl (C=O) groups is 1. The van der Waals surface area contributed by atoms with Crippen molar-refractivity contribution in [3.63, 3.8) is 0 Å². The number of esters is 1. The van der Waals surface area contributed by atoms with Crippen molar-refractivity contribution >= 4 is 11.9 Å². The molecule has 0 saturated carbocycles. The molecule has 0 saturated heterocycles. The van der Waals surface area contributed by atoms with Crippen molar-refractivity contribution in [3.05, 3.63) is 17.0 Å². The molecule has 0 aromatic carbocycles. The Morgan fingerprint density at radius 3 is 2.52 bits per heavy atom. The number of unbranched alkanes of at least 4 members (excludes halogenated alkanes) is 3. The Morgan fingerprint density at radius 1 is 1.20 bits per heavy atom. The number of hydrogen-bond acceptors (Lipinski definition) is 4. The van der Waals surface area contributed by atoms with Crippen LogP contribution in [0.5, 0.6) is 0 Å². The number of rotatable bonds is 10. The summed E-state index contributed by atoms with van der Waals surface area (Å²) in [6, 6.07) is 0. The molecule has 0 bridgehead atoms. The number of hydrogen-bond donors (Lipinski definition) is 2. The Balaban J connectivity index is 2.35. The van der Waals surface area contributed by atoms with Crippen LogP contribution < -0.4 is 10.6 Å². The number of carbonyl (C=O) groups excluding carboxylic acids is 1. The highest BCUT2D eigenvalue weighted by Crippen LogP contribution is 2.12. The van der Waals surface area contributed by atoms with Gasteiger partial charge in [-0.3, -0.25) is 9.48 Å². The molecule has 2 N–H and O–H groups in total. The standard InChI is InChI=1S/C18H33N5O2/c1-6-19-18(20-12-10-8-7-9-11-17(24)25-5)21-13-16-14(2)22-23(4)15(16)3/h6-13H2,1-5H3,(H2,19,20,21). The summed E-state index contributed by atoms with van der Waals surface area (Å²) < 4.78 is 6.53. The van der Waals surface area contributed by atoms with Crippen LogP contribution in [-0.4, -0.2) is 41.9 Å². The maximum absolute atomic E-state index is 11.0. The Kier molecular flexibility index (Phi) is 9.65. The van der Waals surface area contributed by atoms with Crippen molar-refractivity contribution in [1.29, 1.82) is 0 Å². The molecule has 1 rings (SSSR count). The van der Waals surface area contributed by atoms with Gasteiger partial charge in [-0.25, -0.2) is 4.99 Å². The molecule has 1 aromatic rings. The molecule has 7 heteroatoms. The average Bonchev–Trinajstić information content (AvgIpc) is 2.83. The molecule has 7 nitrogen and oxygen atoms in total. The Hall–Kier alpha value is -2.05. The van der Waals surface area contributed by atoms with E-state index in [2.05, 4.69) is 39.3 Å². The maximum atomic E-state index is 11.0. The minimum atomic E-state index is -0.124. The molecule has 142 valence electrons. The van der Waals surface area contributed by atoms with Crippen molar-refractivity contribution in [1.82, 2.24) is 20.4 Å². The SMILES string of the molecule is CCNC(=NCc1c(C)nn(C)c1C)NCCCCCCC(=O)OC. The highest BCUT2D eigenvalue weighted by molar-refractivity contribution is 5.79. The van der Waals surface area contributed by atoms with Crippen molar-refractivity contribution < 1.29 is 9.53 Å². The number of aryl methyl sites for hydroxylation is 2. The van der Waals surface area contributed by atoms with Crippen LogP contribution in [-0.2, 0) is 23.1 Å². The molecule has 0 amide bonds. The molecular formula is C18H33N5O2. The van der Waals surface area contributed by atoms with E-state index in [-0.39, 0.29) is 5.97 Å². The Bertz CT molecular complexity index is 566. The molecular weight excluding hydrogens is 318 g/mol. The van der Waals surface area contributed by atoms with Gasteiger partial charge in [-0.1, -0.05) is 12.8 Å². The molecule has 0 aliphatic heterocycles. The van der Waals surface area contributed by atoms with Crippen LogP contribution in [0.2, 0.25) is 0 Å². The van der Waals surface area contributed by atoms with E-state index < -0.39 is 0 Å². The topological polar surface area (TPSA) is 80.5 Å². The van der Waals surface area contributed by atoms with Gasteiger partial charge in [0.05, 0.1) is 19.3 Å². The molecule has 0 spiro atoms. The summed E-state index contributed by atoms with van der Waals surface area (Å²) in [5.74, 6) is 0.709. The summed E-state index contributed by atoms with van der Waals surface area (Å²) in [4.78, 5) is 15.7. The number of aromatic nitrogens is 2. The van der Waals surface area contributed by atoms with Crippen LogP contribution in [0.15, 0.2) is 4.99 Å². The van der Waals surface area contributed by atoms with Crippen LogP contribution in [0.3, 0.4) is 0 Å². The zero-order chi connectivity index (χ0) is 18.7. The minimum Gasteiger partial charge on any atom is -0.469 e. The first-order valence-corrected chi connectivity index (χ1v) is 9.07. The largest absolute Gasteiger partial charge is 0.469 e. The van der Waals surface area contributed by atoms with E-state index in [1.54, 1.807) is 0 Å². The van der Waals surface area contributed by atoms with Crippen LogP contribution >= 0.6 is 0 Å². The van der Waals surface area contributed by atoms with Gasteiger partial charge in [0.15, 0.2) is 5.96 Å². The van der Waals surface area contributed by atoms with Crippen LogP contribution in [0.4, 0.5) is 0 Å². The number of nitrogens with zero attached hydrogens (tertiary/aromatic N) is 3. The van der Waals surface area contributed by atoms with Gasteiger partial charge in [-0.15, -0.1) is 0 Å². The number of guanidine groups is 1. The molecule has 25 heavy (non-hydrogen) atoms. The summed E-state index contributed by atoms with van der Waals surface area (Å²) in [6.07, 6.45) is 4.58. The fraction of sp³-hybridized carbons (Fsp3) is 0.722. The second kappa shape index (κ2) is 11.5. The lowest BCUT2D eigenvalue weighted by atomic mass is 10.1. The normalized spacial score (nSPS) is 11.5. The van der Waals surface area contributed by atoms with E-state index >= 15 is 0 Å². The predicted octanol–water partition coefficient (Wildman–Crippen LogP) is 2.22. The number of nitrogens with one attached hydrogen (secondary N) is 2. The second-order valence-corrected chi connectivity index (χ2v) is 6.14. The van der Waals surface area contributed by atoms with Gasteiger partial charge < -0.3 is 15.4 Å². The summed E-state index contributed by atoms with van der Waals surface area (Å²) in [7, 11) is 3.39. The molecule has 0 unspecified atom stereocenters. The molecule has 0 radical (unpaired) electrons. The average molecular weight is 351 g/mol. The van der Waals surface area contributed by atoms with Gasteiger partial charge in [0, 0.05) is 37.8 Å². The number of aliphatic imine (C=N–C) groups is 1. The first-order chi connectivity index (χ1) is 12.0. The Morgan fingerprint density at radius 2 is 1.92 bits per heavy atom. The van der Waals surface area contributed by atoms with E-state index in [0.29, 0.717) is 13.0 Å². The molecule has 1 aromatic heterocycles. The first kappa shape index (κ1) is 21.0. The first-order valence-electron chi connectivity index (χ1n) is 9.07. The van der Waals surface area contributed by atoms with E-state index in [0.717, 1.165) is 56.1 Å². The molecule has 0 atom stereocenters. The maximum Gasteiger partial charge on any atom is 0.305 e. The highest BCUT2D eigenvalue weighted by Gasteiger charge is 2.08. The third-order valence-electron chi connectivity index (χ3n) is 4.23. The highest BCUT2D eigenvalue weighted by atomic mass is 16.5. The molecule has 0 fully saturated rings. The monoisotopic (exact) mass is 351 g/mol. The van der Waals surface area contributed by atoms with Crippen molar-refractivity contribution in [2.24, 2.45) is 12.0 Å². The molecule has 0 aliphatic rings. The van der Waals surface area contributed by atoms with Gasteiger partial charge in [-0.05, 0) is 33.6 Å². The minimum absolute atomic E-state index is 0.124. The fourth-order valence-electron chi connectivity index (χ4n) is 2.60. The van der Waals surface area contributed by atoms with Gasteiger partial charge in [0.25, 0.3) is 0 Å². The summed E-state index contributed by atoms with van der Waals surface area (Å²) >= 11 is 0. The summed E-state index contributed by atoms with van der Waals surface area (Å²) in [6.45, 7) is 8.47. The van der Waals surface area contributed by atoms with E-state index in [1.807, 2.05) is 18.7 Å². The van der Waals surface area contributed by atoms with E-state index in [1.165, 1.54) is 12.7 Å². The van der Waals surface area contributed by atoms with Crippen molar-refractivity contribution in [3.8, 4) is 0 Å². The second-order valence-electron chi connectivity index (χ2n) is 6.14. The lowest BCUT2D eigenvalue weighted by Gasteiger charge is -2.11. The van der Waals surface area contributed by atoms with Crippen molar-refractivity contribution in [2.45, 2.75) is 59.4 Å². The van der Waals surface area contributed by atoms with E-state index in [4.69, 9.17) is 0 Å². The number of ether oxygens (including phenoxy) is 1. The lowest BCUT2D eigenvalue weighted by molar-refractivity contribution is -0.140. The summed E-state index contributed by atoms with van der Waals surface area (Å²) in [5.41, 5.74) is 3.37. The zero-order valence-electron chi connectivity index (χ0n) is 16.3. The Labute approximate surface area is 151 Å². The lowest BCUT2D eigenvalue weighted by Crippen LogP contribution is -2.37. The van der Waals surface area contributed by atoms with E-state index in [9.17, 15) is 4.79 Å². The van der Waals surface area contributed by atoms with Crippen LogP contribution in [0.25, 0.3) is 0 Å². The van der Waals surface area contributed by atoms with Gasteiger partial charge in [0.2, 0.25) is 0 Å². The quantitative estimate of drug-likeness (QED) is 0.292.